The van der Waals surface area contributed by atoms with Crippen LogP contribution in [0.25, 0.3) is 0 Å². The van der Waals surface area contributed by atoms with E-state index in [1.165, 1.54) is 0 Å². The predicted octanol–water partition coefficient (Wildman–Crippen LogP) is 1.62. The highest BCUT2D eigenvalue weighted by Crippen LogP contribution is 2.22. The Morgan fingerprint density at radius 1 is 1.47 bits per heavy atom. The van der Waals surface area contributed by atoms with Gasteiger partial charge in [-0.15, -0.1) is 0 Å². The van der Waals surface area contributed by atoms with Crippen molar-refractivity contribution >= 4 is 23.7 Å². The van der Waals surface area contributed by atoms with Gasteiger partial charge in [0.05, 0.1) is 12.1 Å². The number of halogens is 1. The van der Waals surface area contributed by atoms with E-state index in [9.17, 15) is 4.79 Å². The van der Waals surface area contributed by atoms with Crippen LogP contribution in [-0.2, 0) is 13.6 Å². The van der Waals surface area contributed by atoms with Gasteiger partial charge in [-0.05, 0) is 6.92 Å². The second-order valence-corrected chi connectivity index (χ2v) is 4.59. The third-order valence-corrected chi connectivity index (χ3v) is 3.06. The Morgan fingerprint density at radius 3 is 2.79 bits per heavy atom. The lowest BCUT2D eigenvalue weighted by molar-refractivity contribution is 0.112. The summed E-state index contributed by atoms with van der Waals surface area (Å²) in [5.74, 6) is 1.90. The summed E-state index contributed by atoms with van der Waals surface area (Å²) >= 11 is 5.96. The molecule has 0 aliphatic rings. The monoisotopic (exact) mass is 279 g/mol. The van der Waals surface area contributed by atoms with E-state index in [4.69, 9.17) is 11.6 Å². The smallest absolute Gasteiger partial charge is 0.156 e. The molecule has 0 saturated heterocycles. The topological polar surface area (TPSA) is 63.9 Å². The van der Waals surface area contributed by atoms with Crippen molar-refractivity contribution in [3.63, 3.8) is 0 Å². The molecule has 100 valence electrons. The van der Waals surface area contributed by atoms with E-state index >= 15 is 0 Å². The van der Waals surface area contributed by atoms with Crippen LogP contribution >= 0.6 is 11.6 Å². The number of hydrogen-bond acceptors (Lipinski definition) is 5. The number of rotatable bonds is 4. The molecule has 0 spiro atoms. The van der Waals surface area contributed by atoms with Crippen LogP contribution in [0.5, 0.6) is 0 Å². The van der Waals surface area contributed by atoms with Gasteiger partial charge in [0.1, 0.15) is 22.6 Å². The third-order valence-electron chi connectivity index (χ3n) is 2.77. The average molecular weight is 280 g/mol. The number of nitrogens with zero attached hydrogens (tertiary/aromatic N) is 5. The number of anilines is 1. The summed E-state index contributed by atoms with van der Waals surface area (Å²) in [5, 5.41) is 0.171. The second kappa shape index (κ2) is 5.36. The Morgan fingerprint density at radius 2 is 2.21 bits per heavy atom. The molecule has 0 atom stereocenters. The molecule has 2 heterocycles. The van der Waals surface area contributed by atoms with Gasteiger partial charge in [-0.25, -0.2) is 15.0 Å². The molecule has 6 nitrogen and oxygen atoms in total. The van der Waals surface area contributed by atoms with Gasteiger partial charge in [-0.2, -0.15) is 0 Å². The van der Waals surface area contributed by atoms with Gasteiger partial charge in [0.15, 0.2) is 6.29 Å². The number of hydrogen-bond donors (Lipinski definition) is 0. The molecular weight excluding hydrogens is 266 g/mol. The zero-order chi connectivity index (χ0) is 14.0. The first-order valence-corrected chi connectivity index (χ1v) is 6.07. The summed E-state index contributed by atoms with van der Waals surface area (Å²) in [6.07, 6.45) is 4.26. The maximum absolute atomic E-state index is 11.1. The fraction of sp³-hybridized carbons (Fsp3) is 0.333. The highest BCUT2D eigenvalue weighted by molar-refractivity contribution is 6.32. The lowest BCUT2D eigenvalue weighted by Gasteiger charge is -2.20. The van der Waals surface area contributed by atoms with E-state index < -0.39 is 0 Å². The van der Waals surface area contributed by atoms with E-state index in [1.807, 2.05) is 29.8 Å². The van der Waals surface area contributed by atoms with Crippen LogP contribution in [-0.4, -0.2) is 32.9 Å². The van der Waals surface area contributed by atoms with E-state index in [0.29, 0.717) is 30.0 Å². The maximum Gasteiger partial charge on any atom is 0.156 e. The Bertz CT molecular complexity index is 610. The molecule has 0 N–H and O–H groups in total. The Hall–Kier alpha value is -1.95. The van der Waals surface area contributed by atoms with Gasteiger partial charge in [-0.3, -0.25) is 4.79 Å². The molecule has 2 rings (SSSR count). The van der Waals surface area contributed by atoms with Crippen LogP contribution in [0.2, 0.25) is 5.15 Å². The molecule has 0 unspecified atom stereocenters. The zero-order valence-corrected chi connectivity index (χ0v) is 11.7. The van der Waals surface area contributed by atoms with Crippen LogP contribution in [0.4, 0.5) is 5.82 Å². The summed E-state index contributed by atoms with van der Waals surface area (Å²) in [6, 6.07) is 0. The fourth-order valence-corrected chi connectivity index (χ4v) is 2.01. The van der Waals surface area contributed by atoms with Crippen molar-refractivity contribution in [2.75, 3.05) is 11.9 Å². The molecule has 0 fully saturated rings. The van der Waals surface area contributed by atoms with Gasteiger partial charge < -0.3 is 9.47 Å². The standard InChI is InChI=1S/C12H14ClN5O/c1-8-15-11(13)9(7-19)12(16-8)18(3)6-10-14-4-5-17(10)2/h4-5,7H,6H2,1-3H3. The molecule has 0 aliphatic heterocycles. The van der Waals surface area contributed by atoms with Crippen molar-refractivity contribution in [2.45, 2.75) is 13.5 Å². The first kappa shape index (κ1) is 13.5. The number of carbonyl (C=O) groups is 1. The molecule has 0 aromatic carbocycles. The largest absolute Gasteiger partial charge is 0.351 e. The third kappa shape index (κ3) is 2.73. The molecule has 19 heavy (non-hydrogen) atoms. The highest BCUT2D eigenvalue weighted by Gasteiger charge is 2.16. The number of aldehydes is 1. The van der Waals surface area contributed by atoms with Crippen molar-refractivity contribution in [1.29, 1.82) is 0 Å². The van der Waals surface area contributed by atoms with Crippen molar-refractivity contribution in [3.05, 3.63) is 34.8 Å². The second-order valence-electron chi connectivity index (χ2n) is 4.23. The summed E-state index contributed by atoms with van der Waals surface area (Å²) in [7, 11) is 3.74. The number of aromatic nitrogens is 4. The fourth-order valence-electron chi connectivity index (χ4n) is 1.76. The van der Waals surface area contributed by atoms with Gasteiger partial charge in [-0.1, -0.05) is 11.6 Å². The molecule has 0 bridgehead atoms. The van der Waals surface area contributed by atoms with Crippen LogP contribution < -0.4 is 4.90 Å². The van der Waals surface area contributed by atoms with Gasteiger partial charge in [0.25, 0.3) is 0 Å². The summed E-state index contributed by atoms with van der Waals surface area (Å²) in [4.78, 5) is 25.4. The molecule has 2 aromatic heterocycles. The first-order chi connectivity index (χ1) is 9.02. The van der Waals surface area contributed by atoms with E-state index in [1.54, 1.807) is 13.1 Å². The Balaban J connectivity index is 2.36. The van der Waals surface area contributed by atoms with Crippen molar-refractivity contribution in [3.8, 4) is 0 Å². The number of aryl methyl sites for hydroxylation is 2. The maximum atomic E-state index is 11.1. The first-order valence-electron chi connectivity index (χ1n) is 5.69. The average Bonchev–Trinajstić information content (AvgIpc) is 2.74. The number of imidazole rings is 1. The lowest BCUT2D eigenvalue weighted by atomic mass is 10.3. The molecule has 2 aromatic rings. The predicted molar refractivity (Wildman–Crippen MR) is 72.5 cm³/mol. The van der Waals surface area contributed by atoms with Crippen molar-refractivity contribution in [2.24, 2.45) is 7.05 Å². The summed E-state index contributed by atoms with van der Waals surface area (Å²) < 4.78 is 1.91. The summed E-state index contributed by atoms with van der Waals surface area (Å²) in [5.41, 5.74) is 0.295. The minimum absolute atomic E-state index is 0.171. The SMILES string of the molecule is Cc1nc(Cl)c(C=O)c(N(C)Cc2nccn2C)n1. The van der Waals surface area contributed by atoms with Crippen LogP contribution in [0.15, 0.2) is 12.4 Å². The molecular formula is C12H14ClN5O. The number of carbonyl (C=O) groups excluding carboxylic acids is 1. The highest BCUT2D eigenvalue weighted by atomic mass is 35.5. The molecule has 0 saturated carbocycles. The Kier molecular flexibility index (Phi) is 3.80. The minimum Gasteiger partial charge on any atom is -0.351 e. The van der Waals surface area contributed by atoms with E-state index in [2.05, 4.69) is 15.0 Å². The molecule has 0 radical (unpaired) electrons. The quantitative estimate of drug-likeness (QED) is 0.629. The van der Waals surface area contributed by atoms with Crippen molar-refractivity contribution in [1.82, 2.24) is 19.5 Å². The summed E-state index contributed by atoms with van der Waals surface area (Å²) in [6.45, 7) is 2.26. The normalized spacial score (nSPS) is 10.5. The van der Waals surface area contributed by atoms with Crippen LogP contribution in [0.1, 0.15) is 22.0 Å². The molecule has 0 amide bonds. The van der Waals surface area contributed by atoms with E-state index in [-0.39, 0.29) is 5.15 Å². The van der Waals surface area contributed by atoms with Gasteiger partial charge in [0.2, 0.25) is 0 Å². The lowest BCUT2D eigenvalue weighted by Crippen LogP contribution is -2.22. The van der Waals surface area contributed by atoms with Crippen molar-refractivity contribution < 1.29 is 4.79 Å². The van der Waals surface area contributed by atoms with Crippen LogP contribution in [0.3, 0.4) is 0 Å². The molecule has 7 heteroatoms. The zero-order valence-electron chi connectivity index (χ0n) is 11.0. The molecule has 0 aliphatic carbocycles. The Labute approximate surface area is 116 Å². The van der Waals surface area contributed by atoms with E-state index in [0.717, 1.165) is 5.82 Å². The van der Waals surface area contributed by atoms with Gasteiger partial charge in [0, 0.05) is 26.5 Å². The van der Waals surface area contributed by atoms with Gasteiger partial charge >= 0.3 is 0 Å². The van der Waals surface area contributed by atoms with Crippen LogP contribution in [0, 0.1) is 6.92 Å². The minimum atomic E-state index is 0.171.